The second-order valence-electron chi connectivity index (χ2n) is 2.26. The van der Waals surface area contributed by atoms with E-state index in [0.29, 0.717) is 0 Å². The van der Waals surface area contributed by atoms with E-state index in [0.717, 1.165) is 12.1 Å². The summed E-state index contributed by atoms with van der Waals surface area (Å²) < 4.78 is 48.7. The quantitative estimate of drug-likeness (QED) is 0.625. The van der Waals surface area contributed by atoms with Crippen LogP contribution >= 0.6 is 27.7 Å². The molecule has 0 saturated heterocycles. The van der Waals surface area contributed by atoms with Crippen LogP contribution in [0.3, 0.4) is 0 Å². The van der Waals surface area contributed by atoms with Crippen LogP contribution in [0, 0.1) is 5.82 Å². The molecule has 0 atom stereocenters. The normalized spacial score (nSPS) is 11.8. The lowest BCUT2D eigenvalue weighted by Gasteiger charge is -2.08. The van der Waals surface area contributed by atoms with E-state index in [4.69, 9.17) is 5.11 Å². The zero-order valence-corrected chi connectivity index (χ0v) is 8.80. The summed E-state index contributed by atoms with van der Waals surface area (Å²) in [6.45, 7) is 0. The summed E-state index contributed by atoms with van der Waals surface area (Å²) in [7, 11) is 0. The molecule has 0 bridgehead atoms. The molecule has 1 aromatic carbocycles. The van der Waals surface area contributed by atoms with Gasteiger partial charge in [-0.3, -0.25) is 0 Å². The number of benzene rings is 1. The summed E-state index contributed by atoms with van der Waals surface area (Å²) in [5, 5.41) is 9.00. The molecule has 1 aromatic rings. The van der Waals surface area contributed by atoms with Crippen molar-refractivity contribution in [1.29, 1.82) is 0 Å². The molecule has 0 aliphatic heterocycles. The lowest BCUT2D eigenvalue weighted by Crippen LogP contribution is -2.00. The molecule has 1 N–H and O–H groups in total. The molecule has 0 aromatic heterocycles. The number of alkyl halides is 3. The summed E-state index contributed by atoms with van der Waals surface area (Å²) in [5.74, 6) is -1.85. The third-order valence-corrected chi connectivity index (χ3v) is 2.68. The molecule has 0 spiro atoms. The average molecular weight is 291 g/mol. The van der Waals surface area contributed by atoms with Crippen LogP contribution in [0.4, 0.5) is 17.6 Å². The van der Waals surface area contributed by atoms with Crippen molar-refractivity contribution in [3.63, 3.8) is 0 Å². The Morgan fingerprint density at radius 3 is 2.36 bits per heavy atom. The minimum atomic E-state index is -4.63. The molecule has 14 heavy (non-hydrogen) atoms. The van der Waals surface area contributed by atoms with Gasteiger partial charge in [0.15, 0.2) is 5.82 Å². The van der Waals surface area contributed by atoms with Gasteiger partial charge in [-0.2, -0.15) is 13.2 Å². The molecular formula is C7H3BrF4OS. The maximum absolute atomic E-state index is 13.1. The molecule has 0 unspecified atom stereocenters. The summed E-state index contributed by atoms with van der Waals surface area (Å²) >= 11 is 2.03. The first-order chi connectivity index (χ1) is 6.31. The van der Waals surface area contributed by atoms with Gasteiger partial charge < -0.3 is 5.11 Å². The molecule has 1 nitrogen and oxygen atoms in total. The number of phenols is 1. The van der Waals surface area contributed by atoms with Crippen molar-refractivity contribution in [2.45, 2.75) is 10.4 Å². The SMILES string of the molecule is Oc1ccc(Br)c(F)c1SC(F)(F)F. The Balaban J connectivity index is 3.13. The van der Waals surface area contributed by atoms with E-state index in [1.54, 1.807) is 0 Å². The number of hydrogen-bond acceptors (Lipinski definition) is 2. The van der Waals surface area contributed by atoms with E-state index >= 15 is 0 Å². The molecule has 0 aliphatic rings. The van der Waals surface area contributed by atoms with Gasteiger partial charge in [0.1, 0.15) is 5.75 Å². The number of phenolic OH excluding ortho intramolecular Hbond substituents is 1. The topological polar surface area (TPSA) is 20.2 Å². The Morgan fingerprint density at radius 2 is 1.86 bits per heavy atom. The van der Waals surface area contributed by atoms with E-state index in [2.05, 4.69) is 15.9 Å². The van der Waals surface area contributed by atoms with Crippen LogP contribution in [0.25, 0.3) is 0 Å². The first-order valence-corrected chi connectivity index (χ1v) is 4.85. The number of rotatable bonds is 1. The highest BCUT2D eigenvalue weighted by Crippen LogP contribution is 2.43. The van der Waals surface area contributed by atoms with Gasteiger partial charge in [0, 0.05) is 0 Å². The van der Waals surface area contributed by atoms with Crippen LogP contribution in [-0.4, -0.2) is 10.6 Å². The van der Waals surface area contributed by atoms with Gasteiger partial charge in [-0.25, -0.2) is 4.39 Å². The van der Waals surface area contributed by atoms with Crippen LogP contribution < -0.4 is 0 Å². The van der Waals surface area contributed by atoms with Crippen LogP contribution in [0.2, 0.25) is 0 Å². The van der Waals surface area contributed by atoms with Gasteiger partial charge in [0.05, 0.1) is 9.37 Å². The van der Waals surface area contributed by atoms with E-state index in [1.165, 1.54) is 0 Å². The second kappa shape index (κ2) is 3.98. The van der Waals surface area contributed by atoms with Crippen molar-refractivity contribution in [2.75, 3.05) is 0 Å². The van der Waals surface area contributed by atoms with Gasteiger partial charge in [-0.1, -0.05) is 0 Å². The van der Waals surface area contributed by atoms with Crippen molar-refractivity contribution in [1.82, 2.24) is 0 Å². The van der Waals surface area contributed by atoms with Crippen LogP contribution in [-0.2, 0) is 0 Å². The second-order valence-corrected chi connectivity index (χ2v) is 4.19. The van der Waals surface area contributed by atoms with E-state index in [9.17, 15) is 17.6 Å². The first-order valence-electron chi connectivity index (χ1n) is 3.24. The number of aromatic hydroxyl groups is 1. The number of hydrogen-bond donors (Lipinski definition) is 1. The fraction of sp³-hybridized carbons (Fsp3) is 0.143. The summed E-state index contributed by atoms with van der Waals surface area (Å²) in [6.07, 6.45) is 0. The summed E-state index contributed by atoms with van der Waals surface area (Å²) in [4.78, 5) is -0.827. The molecule has 7 heteroatoms. The van der Waals surface area contributed by atoms with E-state index < -0.39 is 33.7 Å². The third-order valence-electron chi connectivity index (χ3n) is 1.25. The molecule has 0 saturated carbocycles. The van der Waals surface area contributed by atoms with Crippen LogP contribution in [0.15, 0.2) is 21.5 Å². The van der Waals surface area contributed by atoms with Gasteiger partial charge in [0.2, 0.25) is 0 Å². The lowest BCUT2D eigenvalue weighted by atomic mass is 10.3. The maximum Gasteiger partial charge on any atom is 0.446 e. The van der Waals surface area contributed by atoms with Gasteiger partial charge in [-0.05, 0) is 39.8 Å². The first kappa shape index (κ1) is 11.6. The zero-order valence-electron chi connectivity index (χ0n) is 6.40. The lowest BCUT2D eigenvalue weighted by molar-refractivity contribution is -0.0330. The van der Waals surface area contributed by atoms with Gasteiger partial charge >= 0.3 is 5.51 Å². The van der Waals surface area contributed by atoms with Crippen LogP contribution in [0.1, 0.15) is 0 Å². The Kier molecular flexibility index (Phi) is 3.31. The number of halogens is 5. The molecule has 0 heterocycles. The molecule has 1 rings (SSSR count). The minimum Gasteiger partial charge on any atom is -0.507 e. The highest BCUT2D eigenvalue weighted by Gasteiger charge is 2.32. The molecule has 0 amide bonds. The van der Waals surface area contributed by atoms with Crippen molar-refractivity contribution in [3.05, 3.63) is 22.4 Å². The van der Waals surface area contributed by atoms with E-state index in [-0.39, 0.29) is 4.47 Å². The van der Waals surface area contributed by atoms with Gasteiger partial charge in [0.25, 0.3) is 0 Å². The standard InChI is InChI=1S/C7H3BrF4OS/c8-3-1-2-4(13)6(5(3)9)14-7(10,11)12/h1-2,13H. The summed E-state index contributed by atoms with van der Waals surface area (Å²) in [5.41, 5.74) is -4.63. The molecule has 0 radical (unpaired) electrons. The van der Waals surface area contributed by atoms with Crippen LogP contribution in [0.5, 0.6) is 5.75 Å². The van der Waals surface area contributed by atoms with Crippen molar-refractivity contribution in [2.24, 2.45) is 0 Å². The Morgan fingerprint density at radius 1 is 1.29 bits per heavy atom. The average Bonchev–Trinajstić information content (AvgIpc) is 2.04. The molecular weight excluding hydrogens is 288 g/mol. The predicted octanol–water partition coefficient (Wildman–Crippen LogP) is 3.91. The van der Waals surface area contributed by atoms with Crippen molar-refractivity contribution >= 4 is 27.7 Å². The fourth-order valence-electron chi connectivity index (χ4n) is 0.735. The van der Waals surface area contributed by atoms with Gasteiger partial charge in [-0.15, -0.1) is 0 Å². The Bertz CT molecular complexity index is 352. The zero-order chi connectivity index (χ0) is 10.9. The summed E-state index contributed by atoms with van der Waals surface area (Å²) in [6, 6.07) is 2.12. The molecule has 0 fully saturated rings. The number of thioether (sulfide) groups is 1. The van der Waals surface area contributed by atoms with E-state index in [1.807, 2.05) is 0 Å². The Hall–Kier alpha value is -0.430. The predicted molar refractivity (Wildman–Crippen MR) is 47.7 cm³/mol. The maximum atomic E-state index is 13.1. The Labute approximate surface area is 89.2 Å². The highest BCUT2D eigenvalue weighted by molar-refractivity contribution is 9.10. The molecule has 78 valence electrons. The highest BCUT2D eigenvalue weighted by atomic mass is 79.9. The largest absolute Gasteiger partial charge is 0.507 e. The van der Waals surface area contributed by atoms with Crippen molar-refractivity contribution < 1.29 is 22.7 Å². The third kappa shape index (κ3) is 2.78. The monoisotopic (exact) mass is 290 g/mol. The minimum absolute atomic E-state index is 0.123. The fourth-order valence-corrected chi connectivity index (χ4v) is 1.80. The molecule has 0 aliphatic carbocycles. The van der Waals surface area contributed by atoms with Crippen molar-refractivity contribution in [3.8, 4) is 5.75 Å². The smallest absolute Gasteiger partial charge is 0.446 e.